The van der Waals surface area contributed by atoms with Crippen LogP contribution in [0.5, 0.6) is 0 Å². The number of carbonyl (C=O) groups is 1. The van der Waals surface area contributed by atoms with Crippen LogP contribution in [0.2, 0.25) is 0 Å². The van der Waals surface area contributed by atoms with E-state index in [4.69, 9.17) is 0 Å². The van der Waals surface area contributed by atoms with E-state index in [0.717, 1.165) is 26.4 Å². The molecule has 0 fully saturated rings. The molecule has 2 aromatic heterocycles. The minimum absolute atomic E-state index is 0.0232. The molecule has 0 unspecified atom stereocenters. The Hall–Kier alpha value is -2.70. The van der Waals surface area contributed by atoms with Crippen LogP contribution in [0.3, 0.4) is 0 Å². The number of carbonyl (C=O) groups excluding carboxylic acids is 1. The molecule has 1 amide bonds. The van der Waals surface area contributed by atoms with Gasteiger partial charge in [0.05, 0.1) is 17.3 Å². The lowest BCUT2D eigenvalue weighted by atomic mass is 10.1. The van der Waals surface area contributed by atoms with Crippen LogP contribution in [0.4, 0.5) is 0 Å². The number of thioether (sulfide) groups is 1. The molecular weight excluding hydrogens is 374 g/mol. The molecular formula is C21H17N3OS2. The summed E-state index contributed by atoms with van der Waals surface area (Å²) < 4.78 is 0. The van der Waals surface area contributed by atoms with E-state index in [9.17, 15) is 4.79 Å². The van der Waals surface area contributed by atoms with Crippen molar-refractivity contribution >= 4 is 39.9 Å². The highest BCUT2D eigenvalue weighted by molar-refractivity contribution is 8.00. The van der Waals surface area contributed by atoms with Crippen LogP contribution in [0.1, 0.15) is 16.5 Å². The summed E-state index contributed by atoms with van der Waals surface area (Å²) in [4.78, 5) is 22.4. The topological polar surface area (TPSA) is 54.9 Å². The predicted molar refractivity (Wildman–Crippen MR) is 111 cm³/mol. The fourth-order valence-corrected chi connectivity index (χ4v) is 4.45. The molecule has 2 heterocycles. The van der Waals surface area contributed by atoms with Crippen molar-refractivity contribution in [2.24, 2.45) is 0 Å². The van der Waals surface area contributed by atoms with Crippen LogP contribution in [-0.4, -0.2) is 21.6 Å². The number of thiophene rings is 1. The monoisotopic (exact) mass is 391 g/mol. The van der Waals surface area contributed by atoms with Crippen molar-refractivity contribution in [3.05, 3.63) is 88.9 Å². The summed E-state index contributed by atoms with van der Waals surface area (Å²) in [7, 11) is 0. The number of nitrogens with zero attached hydrogens (tertiary/aromatic N) is 2. The van der Waals surface area contributed by atoms with E-state index >= 15 is 0 Å². The van der Waals surface area contributed by atoms with Crippen molar-refractivity contribution in [3.63, 3.8) is 0 Å². The zero-order valence-electron chi connectivity index (χ0n) is 14.4. The van der Waals surface area contributed by atoms with Crippen LogP contribution in [0, 0.1) is 0 Å². The number of benzene rings is 2. The van der Waals surface area contributed by atoms with Crippen LogP contribution in [0.15, 0.2) is 83.5 Å². The van der Waals surface area contributed by atoms with Crippen LogP contribution in [-0.2, 0) is 4.79 Å². The SMILES string of the molecule is O=C(CSc1ncnc2ccccc12)N[C@@H](c1ccccc1)c1cccs1. The normalized spacial score (nSPS) is 12.0. The second kappa shape index (κ2) is 8.33. The van der Waals surface area contributed by atoms with Gasteiger partial charge >= 0.3 is 0 Å². The third-order valence-electron chi connectivity index (χ3n) is 4.11. The Morgan fingerprint density at radius 3 is 2.63 bits per heavy atom. The zero-order valence-corrected chi connectivity index (χ0v) is 16.0. The average molecular weight is 392 g/mol. The zero-order chi connectivity index (χ0) is 18.5. The van der Waals surface area contributed by atoms with Gasteiger partial charge in [0.15, 0.2) is 0 Å². The first kappa shape index (κ1) is 17.7. The predicted octanol–water partition coefficient (Wildman–Crippen LogP) is 4.69. The summed E-state index contributed by atoms with van der Waals surface area (Å²) in [5, 5.41) is 6.98. The molecule has 134 valence electrons. The van der Waals surface area contributed by atoms with Crippen molar-refractivity contribution in [3.8, 4) is 0 Å². The Morgan fingerprint density at radius 1 is 1.00 bits per heavy atom. The third kappa shape index (κ3) is 4.18. The number of para-hydroxylation sites is 1. The molecule has 0 radical (unpaired) electrons. The van der Waals surface area contributed by atoms with Crippen molar-refractivity contribution in [1.82, 2.24) is 15.3 Å². The number of rotatable bonds is 6. The molecule has 0 spiro atoms. The molecule has 4 nitrogen and oxygen atoms in total. The summed E-state index contributed by atoms with van der Waals surface area (Å²) in [6.07, 6.45) is 1.54. The van der Waals surface area contributed by atoms with Gasteiger partial charge in [0.1, 0.15) is 11.4 Å². The Bertz CT molecular complexity index is 1030. The summed E-state index contributed by atoms with van der Waals surface area (Å²) in [5.41, 5.74) is 1.96. The van der Waals surface area contributed by atoms with Gasteiger partial charge in [0, 0.05) is 10.3 Å². The largest absolute Gasteiger partial charge is 0.344 e. The van der Waals surface area contributed by atoms with Gasteiger partial charge in [-0.1, -0.05) is 66.4 Å². The summed E-state index contributed by atoms with van der Waals surface area (Å²) in [5.74, 6) is 0.278. The molecule has 0 aliphatic heterocycles. The van der Waals surface area contributed by atoms with Gasteiger partial charge in [-0.25, -0.2) is 9.97 Å². The molecule has 0 aliphatic carbocycles. The van der Waals surface area contributed by atoms with Gasteiger partial charge in [-0.15, -0.1) is 11.3 Å². The number of fused-ring (bicyclic) bond motifs is 1. The number of amides is 1. The molecule has 0 aliphatic rings. The van der Waals surface area contributed by atoms with Gasteiger partial charge in [0.25, 0.3) is 0 Å². The Balaban J connectivity index is 1.49. The maximum Gasteiger partial charge on any atom is 0.231 e. The Kier molecular flexibility index (Phi) is 5.46. The molecule has 27 heavy (non-hydrogen) atoms. The highest BCUT2D eigenvalue weighted by atomic mass is 32.2. The quantitative estimate of drug-likeness (QED) is 0.383. The maximum absolute atomic E-state index is 12.7. The molecule has 0 bridgehead atoms. The van der Waals surface area contributed by atoms with Gasteiger partial charge in [-0.05, 0) is 23.1 Å². The molecule has 4 aromatic rings. The van der Waals surface area contributed by atoms with Gasteiger partial charge in [-0.3, -0.25) is 4.79 Å². The molecule has 0 saturated heterocycles. The smallest absolute Gasteiger partial charge is 0.231 e. The molecule has 6 heteroatoms. The summed E-state index contributed by atoms with van der Waals surface area (Å²) in [6, 6.07) is 21.8. The fourth-order valence-electron chi connectivity index (χ4n) is 2.85. The van der Waals surface area contributed by atoms with E-state index in [0.29, 0.717) is 5.75 Å². The second-order valence-corrected chi connectivity index (χ2v) is 7.85. The molecule has 1 N–H and O–H groups in total. The van der Waals surface area contributed by atoms with E-state index in [-0.39, 0.29) is 11.9 Å². The average Bonchev–Trinajstić information content (AvgIpc) is 3.25. The minimum atomic E-state index is -0.138. The van der Waals surface area contributed by atoms with Crippen LogP contribution >= 0.6 is 23.1 Å². The number of aromatic nitrogens is 2. The maximum atomic E-state index is 12.7. The Morgan fingerprint density at radius 2 is 1.81 bits per heavy atom. The summed E-state index contributed by atoms with van der Waals surface area (Å²) in [6.45, 7) is 0. The van der Waals surface area contributed by atoms with Crippen LogP contribution < -0.4 is 5.32 Å². The van der Waals surface area contributed by atoms with Gasteiger partial charge < -0.3 is 5.32 Å². The van der Waals surface area contributed by atoms with E-state index in [1.54, 1.807) is 17.7 Å². The Labute approximate surface area is 165 Å². The van der Waals surface area contributed by atoms with Crippen molar-refractivity contribution in [1.29, 1.82) is 0 Å². The standard InChI is InChI=1S/C21H17N3OS2/c25-19(13-27-21-16-9-4-5-10-17(16)22-14-23-21)24-20(18-11-6-12-26-18)15-7-2-1-3-8-15/h1-12,14,20H,13H2,(H,24,25)/t20-/m0/s1. The highest BCUT2D eigenvalue weighted by Gasteiger charge is 2.18. The van der Waals surface area contributed by atoms with E-state index in [2.05, 4.69) is 15.3 Å². The minimum Gasteiger partial charge on any atom is -0.344 e. The first-order chi connectivity index (χ1) is 13.3. The number of nitrogens with one attached hydrogen (secondary N) is 1. The first-order valence-corrected chi connectivity index (χ1v) is 10.4. The molecule has 2 aromatic carbocycles. The van der Waals surface area contributed by atoms with Gasteiger partial charge in [-0.2, -0.15) is 0 Å². The first-order valence-electron chi connectivity index (χ1n) is 8.51. The van der Waals surface area contributed by atoms with Crippen LogP contribution in [0.25, 0.3) is 10.9 Å². The number of hydrogen-bond acceptors (Lipinski definition) is 5. The molecule has 0 saturated carbocycles. The lowest BCUT2D eigenvalue weighted by molar-refractivity contribution is -0.119. The van der Waals surface area contributed by atoms with Crippen molar-refractivity contribution < 1.29 is 4.79 Å². The van der Waals surface area contributed by atoms with Crippen molar-refractivity contribution in [2.75, 3.05) is 5.75 Å². The lowest BCUT2D eigenvalue weighted by Gasteiger charge is -2.18. The van der Waals surface area contributed by atoms with E-state index in [1.807, 2.05) is 72.1 Å². The number of hydrogen-bond donors (Lipinski definition) is 1. The highest BCUT2D eigenvalue weighted by Crippen LogP contribution is 2.27. The molecule has 4 rings (SSSR count). The van der Waals surface area contributed by atoms with Crippen molar-refractivity contribution in [2.45, 2.75) is 11.1 Å². The molecule has 1 atom stereocenters. The lowest BCUT2D eigenvalue weighted by Crippen LogP contribution is -2.30. The van der Waals surface area contributed by atoms with E-state index in [1.165, 1.54) is 11.8 Å². The van der Waals surface area contributed by atoms with Gasteiger partial charge in [0.2, 0.25) is 5.91 Å². The second-order valence-electron chi connectivity index (χ2n) is 5.91. The third-order valence-corrected chi connectivity index (χ3v) is 6.05. The van der Waals surface area contributed by atoms with E-state index < -0.39 is 0 Å². The fraction of sp³-hybridized carbons (Fsp3) is 0.0952. The summed E-state index contributed by atoms with van der Waals surface area (Å²) >= 11 is 3.07.